The number of halogens is 2. The highest BCUT2D eigenvalue weighted by Gasteiger charge is 2.29. The number of aromatic amines is 1. The molecule has 0 amide bonds. The normalized spacial score (nSPS) is 11.8. The summed E-state index contributed by atoms with van der Waals surface area (Å²) in [5, 5.41) is 6.50. The number of H-pyrrole nitrogens is 1. The summed E-state index contributed by atoms with van der Waals surface area (Å²) in [6.07, 6.45) is 1.25. The van der Waals surface area contributed by atoms with Crippen LogP contribution < -0.4 is 11.3 Å². The number of nitrogens with one attached hydrogen (secondary N) is 1. The van der Waals surface area contributed by atoms with E-state index in [1.807, 2.05) is 0 Å². The third-order valence-corrected chi connectivity index (χ3v) is 6.63. The van der Waals surface area contributed by atoms with Crippen LogP contribution in [0.25, 0.3) is 10.9 Å². The van der Waals surface area contributed by atoms with Gasteiger partial charge in [-0.3, -0.25) is 4.79 Å². The number of sulfone groups is 1. The number of nitrogens with zero attached hydrogens (tertiary/aromatic N) is 2. The highest BCUT2D eigenvalue weighted by atomic mass is 35.5. The average Bonchev–Trinajstić information content (AvgIpc) is 2.97. The average molecular weight is 433 g/mol. The summed E-state index contributed by atoms with van der Waals surface area (Å²) in [5.41, 5.74) is 6.33. The lowest BCUT2D eigenvalue weighted by Crippen LogP contribution is -2.14. The van der Waals surface area contributed by atoms with Gasteiger partial charge < -0.3 is 10.3 Å². The summed E-state index contributed by atoms with van der Waals surface area (Å²) in [4.78, 5) is 12.2. The van der Waals surface area contributed by atoms with Crippen LogP contribution in [0, 0.1) is 5.82 Å². The lowest BCUT2D eigenvalue weighted by atomic mass is 10.2. The van der Waals surface area contributed by atoms with Gasteiger partial charge in [0, 0.05) is 17.0 Å². The van der Waals surface area contributed by atoms with Gasteiger partial charge in [0.25, 0.3) is 5.56 Å². The largest absolute Gasteiger partial charge is 0.384 e. The van der Waals surface area contributed by atoms with Crippen LogP contribution in [0.3, 0.4) is 0 Å². The second-order valence-corrected chi connectivity index (χ2v) is 8.67. The SMILES string of the molecule is Nc1c(S(=O)(=O)c2ccc(Cl)cc2)c2cn[nH]c(=O)c2n1Cc1ccc(F)cc1. The lowest BCUT2D eigenvalue weighted by Gasteiger charge is -2.09. The minimum atomic E-state index is -4.07. The minimum absolute atomic E-state index is 0.0188. The van der Waals surface area contributed by atoms with Crippen molar-refractivity contribution in [2.75, 3.05) is 5.73 Å². The molecule has 148 valence electrons. The molecule has 0 aliphatic rings. The smallest absolute Gasteiger partial charge is 0.288 e. The quantitative estimate of drug-likeness (QED) is 0.515. The first-order valence-corrected chi connectivity index (χ1v) is 10.3. The molecule has 4 aromatic rings. The Hall–Kier alpha value is -3.17. The van der Waals surface area contributed by atoms with Gasteiger partial charge in [0.15, 0.2) is 0 Å². The fraction of sp³-hybridized carbons (Fsp3) is 0.0526. The van der Waals surface area contributed by atoms with Crippen LogP contribution in [0.4, 0.5) is 10.2 Å². The zero-order valence-corrected chi connectivity index (χ0v) is 16.3. The number of rotatable bonds is 4. The van der Waals surface area contributed by atoms with E-state index in [-0.39, 0.29) is 33.1 Å². The number of fused-ring (bicyclic) bond motifs is 1. The Kier molecular flexibility index (Phi) is 4.64. The molecular weight excluding hydrogens is 419 g/mol. The summed E-state index contributed by atoms with van der Waals surface area (Å²) in [7, 11) is -4.07. The van der Waals surface area contributed by atoms with Crippen molar-refractivity contribution >= 4 is 38.2 Å². The molecule has 2 aromatic carbocycles. The molecule has 0 spiro atoms. The van der Waals surface area contributed by atoms with E-state index in [9.17, 15) is 17.6 Å². The van der Waals surface area contributed by atoms with Gasteiger partial charge in [-0.15, -0.1) is 0 Å². The van der Waals surface area contributed by atoms with Crippen molar-refractivity contribution in [1.29, 1.82) is 0 Å². The third kappa shape index (κ3) is 3.28. The number of nitrogens with two attached hydrogens (primary N) is 1. The molecule has 0 saturated heterocycles. The molecular formula is C19H14ClFN4O3S. The topological polar surface area (TPSA) is 111 Å². The van der Waals surface area contributed by atoms with Crippen LogP contribution in [0.15, 0.2) is 69.3 Å². The number of hydrogen-bond acceptors (Lipinski definition) is 5. The van der Waals surface area contributed by atoms with E-state index in [4.69, 9.17) is 17.3 Å². The van der Waals surface area contributed by atoms with E-state index in [0.717, 1.165) is 0 Å². The number of hydrogen-bond donors (Lipinski definition) is 2. The second kappa shape index (κ2) is 7.02. The molecule has 0 unspecified atom stereocenters. The summed E-state index contributed by atoms with van der Waals surface area (Å²) in [6.45, 7) is 0.0752. The fourth-order valence-electron chi connectivity index (χ4n) is 3.16. The van der Waals surface area contributed by atoms with E-state index < -0.39 is 21.2 Å². The van der Waals surface area contributed by atoms with Gasteiger partial charge in [0.1, 0.15) is 22.0 Å². The zero-order chi connectivity index (χ0) is 20.8. The van der Waals surface area contributed by atoms with Gasteiger partial charge in [0.2, 0.25) is 9.84 Å². The molecule has 2 heterocycles. The molecule has 29 heavy (non-hydrogen) atoms. The van der Waals surface area contributed by atoms with Crippen LogP contribution in [0.1, 0.15) is 5.56 Å². The number of aromatic nitrogens is 3. The maximum absolute atomic E-state index is 13.3. The van der Waals surface area contributed by atoms with Crippen molar-refractivity contribution in [2.24, 2.45) is 0 Å². The summed E-state index contributed by atoms with van der Waals surface area (Å²) < 4.78 is 41.1. The monoisotopic (exact) mass is 432 g/mol. The van der Waals surface area contributed by atoms with Crippen LogP contribution in [0.5, 0.6) is 0 Å². The maximum Gasteiger partial charge on any atom is 0.288 e. The summed E-state index contributed by atoms with van der Waals surface area (Å²) in [6, 6.07) is 11.2. The molecule has 0 fully saturated rings. The molecule has 2 aromatic heterocycles. The van der Waals surface area contributed by atoms with Crippen LogP contribution >= 0.6 is 11.6 Å². The standard InChI is InChI=1S/C19H14ClFN4O3S/c20-12-3-7-14(8-4-12)29(27,28)17-15-9-23-24-19(26)16(15)25(18(17)22)10-11-1-5-13(21)6-2-11/h1-9H,10,22H2,(H,24,26). The second-order valence-electron chi connectivity index (χ2n) is 6.35. The molecule has 10 heteroatoms. The Morgan fingerprint density at radius 1 is 1.10 bits per heavy atom. The number of nitrogen functional groups attached to an aromatic ring is 1. The predicted octanol–water partition coefficient (Wildman–Crippen LogP) is 2.98. The van der Waals surface area contributed by atoms with E-state index in [1.54, 1.807) is 0 Å². The first-order chi connectivity index (χ1) is 13.8. The van der Waals surface area contributed by atoms with Crippen molar-refractivity contribution < 1.29 is 12.8 Å². The fourth-order valence-corrected chi connectivity index (χ4v) is 4.84. The molecule has 0 bridgehead atoms. The molecule has 7 nitrogen and oxygen atoms in total. The Balaban J connectivity index is 1.97. The predicted molar refractivity (Wildman–Crippen MR) is 107 cm³/mol. The van der Waals surface area contributed by atoms with Gasteiger partial charge in [-0.2, -0.15) is 5.10 Å². The summed E-state index contributed by atoms with van der Waals surface area (Å²) >= 11 is 5.85. The van der Waals surface area contributed by atoms with E-state index in [0.29, 0.717) is 10.6 Å². The van der Waals surface area contributed by atoms with Crippen molar-refractivity contribution in [3.05, 3.63) is 81.5 Å². The highest BCUT2D eigenvalue weighted by Crippen LogP contribution is 2.35. The van der Waals surface area contributed by atoms with Gasteiger partial charge in [0.05, 0.1) is 11.1 Å². The third-order valence-electron chi connectivity index (χ3n) is 4.51. The van der Waals surface area contributed by atoms with Crippen molar-refractivity contribution in [1.82, 2.24) is 14.8 Å². The van der Waals surface area contributed by atoms with Gasteiger partial charge >= 0.3 is 0 Å². The Morgan fingerprint density at radius 3 is 2.41 bits per heavy atom. The van der Waals surface area contributed by atoms with E-state index >= 15 is 0 Å². The first kappa shape index (κ1) is 19.2. The molecule has 0 radical (unpaired) electrons. The van der Waals surface area contributed by atoms with Gasteiger partial charge in [-0.25, -0.2) is 17.9 Å². The van der Waals surface area contributed by atoms with Crippen molar-refractivity contribution in [2.45, 2.75) is 16.3 Å². The van der Waals surface area contributed by atoms with Gasteiger partial charge in [-0.1, -0.05) is 23.7 Å². The maximum atomic E-state index is 13.3. The highest BCUT2D eigenvalue weighted by molar-refractivity contribution is 7.92. The Morgan fingerprint density at radius 2 is 1.76 bits per heavy atom. The molecule has 0 saturated carbocycles. The molecule has 0 aliphatic heterocycles. The lowest BCUT2D eigenvalue weighted by molar-refractivity contribution is 0.597. The van der Waals surface area contributed by atoms with Crippen LogP contribution in [-0.2, 0) is 16.4 Å². The number of anilines is 1. The van der Waals surface area contributed by atoms with Crippen molar-refractivity contribution in [3.63, 3.8) is 0 Å². The van der Waals surface area contributed by atoms with Crippen LogP contribution in [-0.4, -0.2) is 23.2 Å². The van der Waals surface area contributed by atoms with E-state index in [2.05, 4.69) is 10.2 Å². The first-order valence-electron chi connectivity index (χ1n) is 8.39. The molecule has 4 rings (SSSR count). The Labute approximate surface area is 169 Å². The zero-order valence-electron chi connectivity index (χ0n) is 14.8. The Bertz CT molecular complexity index is 1380. The summed E-state index contributed by atoms with van der Waals surface area (Å²) in [5.74, 6) is -0.523. The van der Waals surface area contributed by atoms with E-state index in [1.165, 1.54) is 59.3 Å². The number of benzene rings is 2. The minimum Gasteiger partial charge on any atom is -0.384 e. The van der Waals surface area contributed by atoms with Crippen LogP contribution in [0.2, 0.25) is 5.02 Å². The molecule has 0 atom stereocenters. The molecule has 0 aliphatic carbocycles. The van der Waals surface area contributed by atoms with Crippen molar-refractivity contribution in [3.8, 4) is 0 Å². The van der Waals surface area contributed by atoms with Gasteiger partial charge in [-0.05, 0) is 42.0 Å². The molecule has 3 N–H and O–H groups in total.